The Kier molecular flexibility index (Phi) is 5.09. The highest BCUT2D eigenvalue weighted by Gasteiger charge is 2.07. The van der Waals surface area contributed by atoms with Crippen LogP contribution in [-0.2, 0) is 13.2 Å². The minimum atomic E-state index is -0.283. The topological polar surface area (TPSA) is 34.1 Å². The number of nitrogens with zero attached hydrogens (tertiary/aromatic N) is 1. The van der Waals surface area contributed by atoms with Crippen molar-refractivity contribution in [2.24, 2.45) is 0 Å². The molecule has 0 bridgehead atoms. The molecule has 0 saturated heterocycles. The molecule has 20 heavy (non-hydrogen) atoms. The Morgan fingerprint density at radius 3 is 2.80 bits per heavy atom. The van der Waals surface area contributed by atoms with Crippen molar-refractivity contribution in [3.8, 4) is 5.75 Å². The number of nitrogens with one attached hydrogen (secondary N) is 1. The van der Waals surface area contributed by atoms with Gasteiger partial charge in [0.25, 0.3) is 0 Å². The van der Waals surface area contributed by atoms with Gasteiger partial charge in [-0.25, -0.2) is 9.37 Å². The van der Waals surface area contributed by atoms with Crippen molar-refractivity contribution in [3.05, 3.63) is 45.7 Å². The van der Waals surface area contributed by atoms with Gasteiger partial charge >= 0.3 is 0 Å². The molecule has 0 aliphatic heterocycles. The van der Waals surface area contributed by atoms with E-state index in [-0.39, 0.29) is 5.82 Å². The molecule has 1 aromatic heterocycles. The van der Waals surface area contributed by atoms with Crippen LogP contribution in [0, 0.1) is 5.82 Å². The Labute approximate surface area is 122 Å². The third-order valence-electron chi connectivity index (χ3n) is 2.76. The second-order valence-electron chi connectivity index (χ2n) is 4.95. The second kappa shape index (κ2) is 6.81. The van der Waals surface area contributed by atoms with Crippen LogP contribution in [0.1, 0.15) is 36.0 Å². The normalized spacial score (nSPS) is 11.1. The first-order valence-electron chi connectivity index (χ1n) is 6.59. The zero-order chi connectivity index (χ0) is 14.5. The number of rotatable bonds is 6. The Hall–Kier alpha value is -1.46. The van der Waals surface area contributed by atoms with E-state index in [0.29, 0.717) is 24.8 Å². The summed E-state index contributed by atoms with van der Waals surface area (Å²) in [4.78, 5) is 4.49. The molecule has 0 spiro atoms. The first-order chi connectivity index (χ1) is 9.58. The van der Waals surface area contributed by atoms with Gasteiger partial charge in [0.05, 0.1) is 10.7 Å². The minimum absolute atomic E-state index is 0.283. The molecule has 1 N–H and O–H groups in total. The van der Waals surface area contributed by atoms with Crippen LogP contribution in [0.3, 0.4) is 0 Å². The van der Waals surface area contributed by atoms with Crippen LogP contribution in [-0.4, -0.2) is 12.0 Å². The number of hydrogen-bond donors (Lipinski definition) is 1. The van der Waals surface area contributed by atoms with Gasteiger partial charge in [0.2, 0.25) is 0 Å². The van der Waals surface area contributed by atoms with Gasteiger partial charge in [-0.1, -0.05) is 13.8 Å². The zero-order valence-electron chi connectivity index (χ0n) is 11.9. The summed E-state index contributed by atoms with van der Waals surface area (Å²) in [5, 5.41) is 6.08. The molecule has 2 aromatic rings. The van der Waals surface area contributed by atoms with Crippen LogP contribution in [0.5, 0.6) is 5.75 Å². The van der Waals surface area contributed by atoms with Gasteiger partial charge in [-0.3, -0.25) is 0 Å². The Morgan fingerprint density at radius 1 is 1.35 bits per heavy atom. The molecule has 0 fully saturated rings. The fourth-order valence-corrected chi connectivity index (χ4v) is 2.64. The summed E-state index contributed by atoms with van der Waals surface area (Å²) in [5.41, 5.74) is 1.75. The van der Waals surface area contributed by atoms with Crippen molar-refractivity contribution in [2.75, 3.05) is 7.05 Å². The highest BCUT2D eigenvalue weighted by atomic mass is 32.1. The number of aromatic nitrogens is 1. The zero-order valence-corrected chi connectivity index (χ0v) is 12.8. The average Bonchev–Trinajstić information content (AvgIpc) is 2.85. The summed E-state index contributed by atoms with van der Waals surface area (Å²) in [7, 11) is 1.83. The summed E-state index contributed by atoms with van der Waals surface area (Å²) >= 11 is 1.63. The summed E-state index contributed by atoms with van der Waals surface area (Å²) in [6.07, 6.45) is 0. The van der Waals surface area contributed by atoms with Crippen molar-refractivity contribution in [2.45, 2.75) is 32.9 Å². The van der Waals surface area contributed by atoms with Crippen LogP contribution in [0.25, 0.3) is 0 Å². The van der Waals surface area contributed by atoms with Gasteiger partial charge in [-0.2, -0.15) is 0 Å². The van der Waals surface area contributed by atoms with Crippen LogP contribution >= 0.6 is 11.3 Å². The number of halogens is 1. The van der Waals surface area contributed by atoms with E-state index in [2.05, 4.69) is 24.1 Å². The van der Waals surface area contributed by atoms with Gasteiger partial charge in [0, 0.05) is 23.9 Å². The molecule has 1 heterocycles. The van der Waals surface area contributed by atoms with Crippen molar-refractivity contribution in [3.63, 3.8) is 0 Å². The lowest BCUT2D eigenvalue weighted by Gasteiger charge is -2.07. The second-order valence-corrected chi connectivity index (χ2v) is 5.84. The largest absolute Gasteiger partial charge is 0.487 e. The van der Waals surface area contributed by atoms with Crippen molar-refractivity contribution < 1.29 is 9.13 Å². The smallest absolute Gasteiger partial charge is 0.131 e. The first-order valence-corrected chi connectivity index (χ1v) is 7.47. The molecule has 0 aliphatic carbocycles. The molecule has 5 heteroatoms. The van der Waals surface area contributed by atoms with Crippen LogP contribution in [0.4, 0.5) is 4.39 Å². The monoisotopic (exact) mass is 294 g/mol. The van der Waals surface area contributed by atoms with Gasteiger partial charge in [0.15, 0.2) is 0 Å². The highest BCUT2D eigenvalue weighted by molar-refractivity contribution is 7.09. The van der Waals surface area contributed by atoms with E-state index in [9.17, 15) is 4.39 Å². The van der Waals surface area contributed by atoms with Crippen molar-refractivity contribution in [1.82, 2.24) is 10.3 Å². The molecule has 2 rings (SSSR count). The summed E-state index contributed by atoms with van der Waals surface area (Å²) in [6, 6.07) is 4.74. The molecule has 0 radical (unpaired) electrons. The fourth-order valence-electron chi connectivity index (χ4n) is 1.82. The Balaban J connectivity index is 2.02. The summed E-state index contributed by atoms with van der Waals surface area (Å²) in [6.45, 7) is 5.20. The molecule has 0 saturated carbocycles. The summed E-state index contributed by atoms with van der Waals surface area (Å²) in [5.74, 6) is 0.674. The van der Waals surface area contributed by atoms with Crippen LogP contribution < -0.4 is 10.1 Å². The molecule has 108 valence electrons. The third-order valence-corrected chi connectivity index (χ3v) is 3.96. The number of hydrogen-bond acceptors (Lipinski definition) is 4. The fraction of sp³-hybridized carbons (Fsp3) is 0.400. The van der Waals surface area contributed by atoms with Crippen molar-refractivity contribution in [1.29, 1.82) is 0 Å². The standard InChI is InChI=1S/C15H19FN2OS/c1-10(2)15-18-13(9-20-15)8-19-14-5-11(7-17-3)4-12(16)6-14/h4-6,9-10,17H,7-8H2,1-3H3. The van der Waals surface area contributed by atoms with E-state index in [0.717, 1.165) is 16.3 Å². The predicted molar refractivity (Wildman–Crippen MR) is 79.7 cm³/mol. The summed E-state index contributed by atoms with van der Waals surface area (Å²) < 4.78 is 19.1. The molecule has 3 nitrogen and oxygen atoms in total. The van der Waals surface area contributed by atoms with Gasteiger partial charge < -0.3 is 10.1 Å². The van der Waals surface area contributed by atoms with E-state index < -0.39 is 0 Å². The minimum Gasteiger partial charge on any atom is -0.487 e. The molecule has 1 aromatic carbocycles. The molecule has 0 amide bonds. The highest BCUT2D eigenvalue weighted by Crippen LogP contribution is 2.21. The molecular formula is C15H19FN2OS. The maximum absolute atomic E-state index is 13.5. The van der Waals surface area contributed by atoms with E-state index in [1.54, 1.807) is 11.3 Å². The third kappa shape index (κ3) is 4.02. The van der Waals surface area contributed by atoms with E-state index in [1.165, 1.54) is 12.1 Å². The molecule has 0 unspecified atom stereocenters. The molecule has 0 aliphatic rings. The quantitative estimate of drug-likeness (QED) is 0.882. The Morgan fingerprint density at radius 2 is 2.15 bits per heavy atom. The predicted octanol–water partition coefficient (Wildman–Crippen LogP) is 3.70. The lowest BCUT2D eigenvalue weighted by Crippen LogP contribution is -2.06. The number of thiazole rings is 1. The van der Waals surface area contributed by atoms with Gasteiger partial charge in [-0.05, 0) is 24.7 Å². The van der Waals surface area contributed by atoms with E-state index >= 15 is 0 Å². The van der Waals surface area contributed by atoms with Gasteiger partial charge in [-0.15, -0.1) is 11.3 Å². The van der Waals surface area contributed by atoms with E-state index in [4.69, 9.17) is 4.74 Å². The van der Waals surface area contributed by atoms with Crippen LogP contribution in [0.2, 0.25) is 0 Å². The van der Waals surface area contributed by atoms with Crippen molar-refractivity contribution >= 4 is 11.3 Å². The lowest BCUT2D eigenvalue weighted by molar-refractivity contribution is 0.300. The SMILES string of the molecule is CNCc1cc(F)cc(OCc2csc(C(C)C)n2)c1. The Bertz CT molecular complexity index is 569. The lowest BCUT2D eigenvalue weighted by atomic mass is 10.2. The number of benzene rings is 1. The molecule has 0 atom stereocenters. The van der Waals surface area contributed by atoms with E-state index in [1.807, 2.05) is 18.5 Å². The maximum Gasteiger partial charge on any atom is 0.131 e. The first kappa shape index (κ1) is 14.9. The van der Waals surface area contributed by atoms with Gasteiger partial charge in [0.1, 0.15) is 18.2 Å². The average molecular weight is 294 g/mol. The maximum atomic E-state index is 13.5. The van der Waals surface area contributed by atoms with Crippen LogP contribution in [0.15, 0.2) is 23.6 Å². The number of ether oxygens (including phenoxy) is 1. The molecular weight excluding hydrogens is 275 g/mol.